The van der Waals surface area contributed by atoms with Crippen molar-refractivity contribution in [3.05, 3.63) is 19.6 Å². The number of carbonyl (C=O) groups is 7. The van der Waals surface area contributed by atoms with Crippen molar-refractivity contribution in [1.82, 2.24) is 0 Å². The summed E-state index contributed by atoms with van der Waals surface area (Å²) in [7, 11) is 2.74. The first-order valence-corrected chi connectivity index (χ1v) is 29.8. The first kappa shape index (κ1) is 78.7. The molecule has 0 aromatic heterocycles. The minimum absolute atomic E-state index is 0. The summed E-state index contributed by atoms with van der Waals surface area (Å²) in [6.07, 6.45) is 16.1. The van der Waals surface area contributed by atoms with Gasteiger partial charge in [-0.3, -0.25) is 33.6 Å². The van der Waals surface area contributed by atoms with Gasteiger partial charge in [-0.15, -0.1) is 0 Å². The largest absolute Gasteiger partial charge is 0.469 e. The summed E-state index contributed by atoms with van der Waals surface area (Å²) < 4.78 is 107. The van der Waals surface area contributed by atoms with Crippen molar-refractivity contribution in [1.29, 1.82) is 0 Å². The van der Waals surface area contributed by atoms with Gasteiger partial charge in [0.2, 0.25) is 11.6 Å². The van der Waals surface area contributed by atoms with Crippen LogP contribution in [0.1, 0.15) is 221 Å². The molecule has 0 aromatic rings. The zero-order valence-corrected chi connectivity index (χ0v) is 52.3. The summed E-state index contributed by atoms with van der Waals surface area (Å²) >= 11 is 0. The topological polar surface area (TPSA) is 203 Å². The Morgan fingerprint density at radius 1 is 0.537 bits per heavy atom. The molecule has 480 valence electrons. The summed E-state index contributed by atoms with van der Waals surface area (Å²) in [4.78, 5) is 81.0. The maximum Gasteiger partial charge on any atom is 0.309 e. The minimum atomic E-state index is -3.40. The maximum atomic E-state index is 14.4. The molecule has 2 saturated carbocycles. The molecule has 0 N–H and O–H groups in total. The first-order chi connectivity index (χ1) is 38.1. The maximum absolute atomic E-state index is 14.4. The van der Waals surface area contributed by atoms with Gasteiger partial charge >= 0.3 is 41.7 Å². The SMILES string of the molecule is CCCCC(F)(F)C(=O)/C=C/[C@@H]1C(CCCCCCC(=O)OC)[C@@H](OC(C)=O)C[C@H]1OC1CCCCO1.CCCCC(F)(F)C(=O)CC[C@@H]1C(CCCCCCC(=O)OC)[C@@H](OC(C)=O)C[C@H]1OC1CCCCO1.CCOC(C)=O.[CH3-].[Pd]. The number of Topliss-reactive ketones (excluding diaryl/α,β-unsaturated/α-hetero) is 1. The van der Waals surface area contributed by atoms with Gasteiger partial charge in [0, 0.05) is 117 Å². The molecular weight excluding hydrogens is 1170 g/mol. The molecule has 0 amide bonds. The summed E-state index contributed by atoms with van der Waals surface area (Å²) in [6.45, 7) is 11.2. The van der Waals surface area contributed by atoms with E-state index in [1.54, 1.807) is 19.9 Å². The van der Waals surface area contributed by atoms with E-state index in [9.17, 15) is 51.1 Å². The number of carbonyl (C=O) groups excluding carboxylic acids is 7. The average molecular weight is 1270 g/mol. The summed E-state index contributed by atoms with van der Waals surface area (Å²) in [5.41, 5.74) is 0. The Morgan fingerprint density at radius 3 is 1.43 bits per heavy atom. The molecule has 82 heavy (non-hydrogen) atoms. The fourth-order valence-corrected chi connectivity index (χ4v) is 11.0. The number of rotatable bonds is 34. The molecule has 2 heterocycles. The second-order valence-electron chi connectivity index (χ2n) is 21.6. The van der Waals surface area contributed by atoms with Crippen LogP contribution in [0.15, 0.2) is 12.2 Å². The molecule has 0 radical (unpaired) electrons. The van der Waals surface area contributed by atoms with Crippen LogP contribution in [0.25, 0.3) is 0 Å². The Morgan fingerprint density at radius 2 is 0.988 bits per heavy atom. The van der Waals surface area contributed by atoms with E-state index >= 15 is 0 Å². The van der Waals surface area contributed by atoms with E-state index in [0.717, 1.165) is 102 Å². The molecule has 4 fully saturated rings. The third-order valence-corrected chi connectivity index (χ3v) is 15.2. The zero-order chi connectivity index (χ0) is 59.5. The molecule has 2 aliphatic heterocycles. The monoisotopic (exact) mass is 1270 g/mol. The smallest absolute Gasteiger partial charge is 0.309 e. The van der Waals surface area contributed by atoms with Crippen molar-refractivity contribution in [3.8, 4) is 0 Å². The van der Waals surface area contributed by atoms with E-state index < -0.39 is 60.7 Å². The van der Waals surface area contributed by atoms with Crippen LogP contribution in [0.2, 0.25) is 0 Å². The minimum Gasteiger partial charge on any atom is -0.469 e. The van der Waals surface area contributed by atoms with Gasteiger partial charge in [-0.05, 0) is 102 Å². The number of hydrogen-bond acceptors (Lipinski definition) is 16. The summed E-state index contributed by atoms with van der Waals surface area (Å²) in [6, 6.07) is 0. The van der Waals surface area contributed by atoms with Gasteiger partial charge in [-0.25, -0.2) is 0 Å². The van der Waals surface area contributed by atoms with Crippen molar-refractivity contribution in [2.75, 3.05) is 34.0 Å². The van der Waals surface area contributed by atoms with Crippen molar-refractivity contribution in [3.63, 3.8) is 0 Å². The van der Waals surface area contributed by atoms with Gasteiger partial charge in [0.05, 0.1) is 33.0 Å². The van der Waals surface area contributed by atoms with E-state index in [4.69, 9.17) is 28.4 Å². The molecule has 4 aliphatic rings. The predicted octanol–water partition coefficient (Wildman–Crippen LogP) is 13.1. The number of unbranched alkanes of at least 4 members (excludes halogenated alkanes) is 8. The van der Waals surface area contributed by atoms with Crippen LogP contribution in [0.4, 0.5) is 17.6 Å². The van der Waals surface area contributed by atoms with E-state index in [-0.39, 0.29) is 113 Å². The zero-order valence-electron chi connectivity index (χ0n) is 50.7. The number of esters is 5. The average Bonchev–Trinajstić information content (AvgIpc) is 3.97. The molecule has 2 aliphatic carbocycles. The summed E-state index contributed by atoms with van der Waals surface area (Å²) in [5.74, 6) is -11.2. The first-order valence-electron chi connectivity index (χ1n) is 29.8. The molecule has 10 atom stereocenters. The third kappa shape index (κ3) is 31.7. The number of allylic oxidation sites excluding steroid dienone is 1. The van der Waals surface area contributed by atoms with Crippen molar-refractivity contribution < 1.29 is 114 Å². The fraction of sp³-hybridized carbons (Fsp3) is 0.836. The molecular formula is C61H101F4O16Pd-. The standard InChI is InChI=1S/C28H46F2O7.C28H44F2O7.C4H8O2.CH3.Pd/c2*1-4-5-17-28(29,30)25(32)16-15-22-21(12-8-6-7-9-13-26(33)34-3)23(36-20(2)31)19-24(22)37-27-14-10-11-18-35-27;1-3-6-4(2)5;;/h21-24,27H,4-19H2,1-3H3;15-16,21-24,27H,4-14,17-19H2,1-3H3;3H2,1-2H3;1H3;/q;;;-1;/b;16-15+;;;/t2*21?,22-,23+,24-,27?;;;/m11.../s1. The number of methoxy groups -OCH3 is 2. The Balaban J connectivity index is 0.00000142. The van der Waals surface area contributed by atoms with Gasteiger partial charge in [0.15, 0.2) is 12.6 Å². The van der Waals surface area contributed by atoms with E-state index in [1.165, 1.54) is 35.0 Å². The second-order valence-corrected chi connectivity index (χ2v) is 21.6. The quantitative estimate of drug-likeness (QED) is 0.0112. The number of ether oxygens (including phenoxy) is 9. The fourth-order valence-electron chi connectivity index (χ4n) is 11.0. The van der Waals surface area contributed by atoms with Crippen LogP contribution in [0.3, 0.4) is 0 Å². The second kappa shape index (κ2) is 44.2. The molecule has 0 bridgehead atoms. The molecule has 21 heteroatoms. The number of alkyl halides is 4. The predicted molar refractivity (Wildman–Crippen MR) is 297 cm³/mol. The van der Waals surface area contributed by atoms with Gasteiger partial charge in [-0.1, -0.05) is 71.3 Å². The van der Waals surface area contributed by atoms with Crippen molar-refractivity contribution in [2.24, 2.45) is 23.7 Å². The van der Waals surface area contributed by atoms with Crippen LogP contribution < -0.4 is 0 Å². The van der Waals surface area contributed by atoms with Gasteiger partial charge in [0.1, 0.15) is 12.2 Å². The van der Waals surface area contributed by atoms with Gasteiger partial charge < -0.3 is 50.1 Å². The normalized spacial score (nSPS) is 24.2. The molecule has 0 spiro atoms. The Kier molecular flexibility index (Phi) is 42.4. The van der Waals surface area contributed by atoms with Gasteiger partial charge in [0.25, 0.3) is 0 Å². The molecule has 4 unspecified atom stereocenters. The van der Waals surface area contributed by atoms with Crippen LogP contribution in [-0.4, -0.2) is 124 Å². The summed E-state index contributed by atoms with van der Waals surface area (Å²) in [5, 5.41) is 0. The molecule has 0 aromatic carbocycles. The van der Waals surface area contributed by atoms with E-state index in [1.807, 2.05) is 6.92 Å². The molecule has 16 nitrogen and oxygen atoms in total. The Bertz CT molecular complexity index is 1840. The van der Waals surface area contributed by atoms with E-state index in [0.29, 0.717) is 71.2 Å². The van der Waals surface area contributed by atoms with Crippen LogP contribution >= 0.6 is 0 Å². The van der Waals surface area contributed by atoms with E-state index in [2.05, 4.69) is 14.2 Å². The van der Waals surface area contributed by atoms with Crippen LogP contribution in [-0.2, 0) is 96.6 Å². The third-order valence-electron chi connectivity index (χ3n) is 15.2. The van der Waals surface area contributed by atoms with Crippen LogP contribution in [0.5, 0.6) is 0 Å². The number of ketones is 2. The van der Waals surface area contributed by atoms with Gasteiger partial charge in [-0.2, -0.15) is 17.6 Å². The number of halogens is 4. The van der Waals surface area contributed by atoms with Crippen LogP contribution in [0, 0.1) is 31.1 Å². The Hall–Kier alpha value is -3.35. The Labute approximate surface area is 501 Å². The molecule has 4 rings (SSSR count). The van der Waals surface area contributed by atoms with Crippen molar-refractivity contribution in [2.45, 2.75) is 270 Å². The van der Waals surface area contributed by atoms with Crippen molar-refractivity contribution >= 4 is 41.4 Å². The molecule has 2 saturated heterocycles. The number of hydrogen-bond donors (Lipinski definition) is 0.